The van der Waals surface area contributed by atoms with Gasteiger partial charge in [0, 0.05) is 36.3 Å². The highest BCUT2D eigenvalue weighted by Gasteiger charge is 2.11. The van der Waals surface area contributed by atoms with Crippen molar-refractivity contribution in [2.24, 2.45) is 11.5 Å². The quantitative estimate of drug-likeness (QED) is 0.563. The number of nitrogens with two attached hydrogens (primary N) is 2. The molecule has 0 amide bonds. The monoisotopic (exact) mass is 358 g/mol. The molecule has 3 rings (SSSR count). The summed E-state index contributed by atoms with van der Waals surface area (Å²) < 4.78 is 5.89. The first kappa shape index (κ1) is 18.4. The lowest BCUT2D eigenvalue weighted by atomic mass is 9.97. The molecule has 5 heteroatoms. The second-order valence-electron chi connectivity index (χ2n) is 6.03. The molecule has 0 aliphatic heterocycles. The first-order chi connectivity index (χ1) is 13.2. The Morgan fingerprint density at radius 1 is 0.963 bits per heavy atom. The normalized spacial score (nSPS) is 11.2. The van der Waals surface area contributed by atoms with E-state index in [0.717, 1.165) is 22.3 Å². The molecular weight excluding hydrogens is 336 g/mol. The Kier molecular flexibility index (Phi) is 5.97. The van der Waals surface area contributed by atoms with E-state index >= 15 is 0 Å². The van der Waals surface area contributed by atoms with Gasteiger partial charge < -0.3 is 16.2 Å². The summed E-state index contributed by atoms with van der Waals surface area (Å²) in [6.45, 7) is 0.978. The third-order valence-electron chi connectivity index (χ3n) is 4.21. The fourth-order valence-corrected chi connectivity index (χ4v) is 2.69. The summed E-state index contributed by atoms with van der Waals surface area (Å²) >= 11 is 0. The summed E-state index contributed by atoms with van der Waals surface area (Å²) in [6.07, 6.45) is 4.81. The summed E-state index contributed by atoms with van der Waals surface area (Å²) in [5.74, 6) is 0.700. The summed E-state index contributed by atoms with van der Waals surface area (Å²) in [7, 11) is 0. The fourth-order valence-electron chi connectivity index (χ4n) is 2.69. The van der Waals surface area contributed by atoms with Gasteiger partial charge in [-0.2, -0.15) is 0 Å². The number of pyridine rings is 1. The van der Waals surface area contributed by atoms with Gasteiger partial charge in [0.15, 0.2) is 0 Å². The average molecular weight is 358 g/mol. The summed E-state index contributed by atoms with van der Waals surface area (Å²) in [4.78, 5) is 4.01. The van der Waals surface area contributed by atoms with E-state index in [1.807, 2.05) is 60.7 Å². The highest BCUT2D eigenvalue weighted by atomic mass is 16.5. The highest BCUT2D eigenvalue weighted by molar-refractivity contribution is 6.30. The maximum atomic E-state index is 8.53. The fraction of sp³-hybridized carbons (Fsp3) is 0.0909. The van der Waals surface area contributed by atoms with E-state index in [1.54, 1.807) is 12.4 Å². The topological polar surface area (TPSA) is 98.0 Å². The molecule has 0 saturated heterocycles. The van der Waals surface area contributed by atoms with Gasteiger partial charge in [-0.05, 0) is 41.0 Å². The number of allylic oxidation sites excluding steroid dienone is 1. The second kappa shape index (κ2) is 8.78. The van der Waals surface area contributed by atoms with E-state index in [2.05, 4.69) is 4.98 Å². The predicted molar refractivity (Wildman–Crippen MR) is 108 cm³/mol. The number of hydrogen-bond donors (Lipinski definition) is 3. The number of nitrogens with zero attached hydrogens (tertiary/aromatic N) is 1. The molecule has 0 radical (unpaired) electrons. The SMILES string of the molecule is N=C(/C(=C\N)c1ccncc1)c1cccc(OCc2ccc(CN)cc2)c1. The molecule has 1 aromatic heterocycles. The van der Waals surface area contributed by atoms with E-state index < -0.39 is 0 Å². The molecule has 1 heterocycles. The minimum absolute atomic E-state index is 0.335. The van der Waals surface area contributed by atoms with Crippen LogP contribution in [0, 0.1) is 5.41 Å². The van der Waals surface area contributed by atoms with Gasteiger partial charge in [0.05, 0.1) is 5.71 Å². The van der Waals surface area contributed by atoms with Crippen molar-refractivity contribution in [1.82, 2.24) is 4.98 Å². The Hall–Kier alpha value is -3.44. The van der Waals surface area contributed by atoms with E-state index in [0.29, 0.717) is 30.2 Å². The van der Waals surface area contributed by atoms with Gasteiger partial charge in [0.2, 0.25) is 0 Å². The number of aromatic nitrogens is 1. The van der Waals surface area contributed by atoms with Crippen molar-refractivity contribution in [3.8, 4) is 5.75 Å². The average Bonchev–Trinajstić information content (AvgIpc) is 2.74. The molecule has 5 nitrogen and oxygen atoms in total. The zero-order valence-corrected chi connectivity index (χ0v) is 14.9. The third-order valence-corrected chi connectivity index (χ3v) is 4.21. The smallest absolute Gasteiger partial charge is 0.120 e. The van der Waals surface area contributed by atoms with Gasteiger partial charge in [-0.15, -0.1) is 0 Å². The maximum absolute atomic E-state index is 8.53. The summed E-state index contributed by atoms with van der Waals surface area (Å²) in [5.41, 5.74) is 16.1. The van der Waals surface area contributed by atoms with Crippen LogP contribution in [0.25, 0.3) is 5.57 Å². The third kappa shape index (κ3) is 4.59. The first-order valence-corrected chi connectivity index (χ1v) is 8.63. The molecule has 0 atom stereocenters. The molecule has 2 aromatic carbocycles. The number of nitrogens with one attached hydrogen (secondary N) is 1. The molecule has 0 unspecified atom stereocenters. The van der Waals surface area contributed by atoms with Gasteiger partial charge in [0.25, 0.3) is 0 Å². The Balaban J connectivity index is 1.73. The maximum Gasteiger partial charge on any atom is 0.120 e. The largest absolute Gasteiger partial charge is 0.489 e. The molecule has 0 aliphatic carbocycles. The van der Waals surface area contributed by atoms with E-state index in [1.165, 1.54) is 6.20 Å². The Morgan fingerprint density at radius 2 is 1.67 bits per heavy atom. The molecule has 0 fully saturated rings. The molecule has 136 valence electrons. The molecule has 5 N–H and O–H groups in total. The summed E-state index contributed by atoms with van der Waals surface area (Å²) in [5, 5.41) is 8.53. The van der Waals surface area contributed by atoms with E-state index in [4.69, 9.17) is 21.6 Å². The number of hydrogen-bond acceptors (Lipinski definition) is 5. The predicted octanol–water partition coefficient (Wildman–Crippen LogP) is 3.49. The van der Waals surface area contributed by atoms with Crippen molar-refractivity contribution < 1.29 is 4.74 Å². The van der Waals surface area contributed by atoms with Crippen molar-refractivity contribution in [3.05, 3.63) is 102 Å². The number of rotatable bonds is 7. The van der Waals surface area contributed by atoms with Crippen LogP contribution in [-0.2, 0) is 13.2 Å². The van der Waals surface area contributed by atoms with Gasteiger partial charge in [-0.25, -0.2) is 0 Å². The van der Waals surface area contributed by atoms with Gasteiger partial charge in [0.1, 0.15) is 12.4 Å². The summed E-state index contributed by atoms with van der Waals surface area (Å²) in [6, 6.07) is 19.1. The lowest BCUT2D eigenvalue weighted by molar-refractivity contribution is 0.306. The van der Waals surface area contributed by atoms with Gasteiger partial charge >= 0.3 is 0 Å². The van der Waals surface area contributed by atoms with Crippen LogP contribution >= 0.6 is 0 Å². The van der Waals surface area contributed by atoms with Crippen LogP contribution in [0.15, 0.2) is 79.3 Å². The Labute approximate surface area is 158 Å². The van der Waals surface area contributed by atoms with Crippen LogP contribution in [-0.4, -0.2) is 10.7 Å². The van der Waals surface area contributed by atoms with Crippen LogP contribution < -0.4 is 16.2 Å². The van der Waals surface area contributed by atoms with Crippen LogP contribution in [0.1, 0.15) is 22.3 Å². The minimum atomic E-state index is 0.335. The highest BCUT2D eigenvalue weighted by Crippen LogP contribution is 2.22. The first-order valence-electron chi connectivity index (χ1n) is 8.63. The van der Waals surface area contributed by atoms with Crippen molar-refractivity contribution >= 4 is 11.3 Å². The van der Waals surface area contributed by atoms with Gasteiger partial charge in [-0.3, -0.25) is 10.4 Å². The molecule has 0 bridgehead atoms. The minimum Gasteiger partial charge on any atom is -0.489 e. The van der Waals surface area contributed by atoms with E-state index in [-0.39, 0.29) is 0 Å². The zero-order valence-electron chi connectivity index (χ0n) is 14.9. The molecule has 0 aliphatic rings. The van der Waals surface area contributed by atoms with Crippen molar-refractivity contribution in [2.45, 2.75) is 13.2 Å². The van der Waals surface area contributed by atoms with Crippen LogP contribution in [0.4, 0.5) is 0 Å². The van der Waals surface area contributed by atoms with E-state index in [9.17, 15) is 0 Å². The zero-order chi connectivity index (χ0) is 19.1. The Morgan fingerprint density at radius 3 is 2.33 bits per heavy atom. The molecule has 27 heavy (non-hydrogen) atoms. The molecule has 0 saturated carbocycles. The number of benzene rings is 2. The number of ether oxygens (including phenoxy) is 1. The van der Waals surface area contributed by atoms with Crippen molar-refractivity contribution in [1.29, 1.82) is 5.41 Å². The lowest BCUT2D eigenvalue weighted by Crippen LogP contribution is -2.06. The molecular formula is C22H22N4O. The molecule has 3 aromatic rings. The van der Waals surface area contributed by atoms with Crippen LogP contribution in [0.2, 0.25) is 0 Å². The van der Waals surface area contributed by atoms with Crippen LogP contribution in [0.5, 0.6) is 5.75 Å². The van der Waals surface area contributed by atoms with Gasteiger partial charge in [-0.1, -0.05) is 36.4 Å². The van der Waals surface area contributed by atoms with Crippen molar-refractivity contribution in [3.63, 3.8) is 0 Å². The molecule has 0 spiro atoms. The lowest BCUT2D eigenvalue weighted by Gasteiger charge is -2.12. The van der Waals surface area contributed by atoms with Crippen LogP contribution in [0.3, 0.4) is 0 Å². The van der Waals surface area contributed by atoms with Crippen molar-refractivity contribution in [2.75, 3.05) is 0 Å². The second-order valence-corrected chi connectivity index (χ2v) is 6.03. The standard InChI is InChI=1S/C22H22N4O/c23-13-16-4-6-17(7-5-16)15-27-20-3-1-2-19(12-20)22(25)21(14-24)18-8-10-26-11-9-18/h1-12,14,25H,13,15,23-24H2/b21-14-,25-22?. The Bertz CT molecular complexity index is 934.